The Labute approximate surface area is 79.4 Å². The Morgan fingerprint density at radius 2 is 2.31 bits per heavy atom. The van der Waals surface area contributed by atoms with Crippen molar-refractivity contribution in [2.75, 3.05) is 13.6 Å². The SMILES string of the molecule is CN1Cc2c[c]ccc2C2(CC2)C1. The van der Waals surface area contributed by atoms with E-state index in [-0.39, 0.29) is 0 Å². The van der Waals surface area contributed by atoms with Crippen molar-refractivity contribution in [3.05, 3.63) is 35.4 Å². The molecule has 0 N–H and O–H groups in total. The Kier molecular flexibility index (Phi) is 1.37. The molecule has 1 heterocycles. The molecule has 1 aliphatic heterocycles. The average Bonchev–Trinajstić information content (AvgIpc) is 2.85. The van der Waals surface area contributed by atoms with Gasteiger partial charge in [-0.25, -0.2) is 0 Å². The maximum Gasteiger partial charge on any atom is 0.0234 e. The molecule has 1 aliphatic carbocycles. The zero-order valence-electron chi connectivity index (χ0n) is 8.01. The second-order valence-corrected chi connectivity index (χ2v) is 4.54. The van der Waals surface area contributed by atoms with Gasteiger partial charge in [0.25, 0.3) is 0 Å². The first kappa shape index (κ1) is 7.57. The molecule has 1 aromatic rings. The van der Waals surface area contributed by atoms with Gasteiger partial charge in [0.05, 0.1) is 0 Å². The fourth-order valence-corrected chi connectivity index (χ4v) is 2.64. The van der Waals surface area contributed by atoms with Crippen LogP contribution in [0.3, 0.4) is 0 Å². The zero-order valence-corrected chi connectivity index (χ0v) is 8.01. The van der Waals surface area contributed by atoms with E-state index in [1.165, 1.54) is 24.9 Å². The Balaban J connectivity index is 2.12. The monoisotopic (exact) mass is 172 g/mol. The molecule has 3 rings (SSSR count). The van der Waals surface area contributed by atoms with Gasteiger partial charge in [0.15, 0.2) is 0 Å². The predicted molar refractivity (Wildman–Crippen MR) is 52.5 cm³/mol. The van der Waals surface area contributed by atoms with Gasteiger partial charge in [-0.05, 0) is 43.1 Å². The summed E-state index contributed by atoms with van der Waals surface area (Å²) in [4.78, 5) is 2.43. The molecule has 1 radical (unpaired) electrons. The van der Waals surface area contributed by atoms with Crippen molar-refractivity contribution in [3.63, 3.8) is 0 Å². The van der Waals surface area contributed by atoms with Crippen LogP contribution in [0.15, 0.2) is 18.2 Å². The van der Waals surface area contributed by atoms with Gasteiger partial charge in [0, 0.05) is 18.5 Å². The van der Waals surface area contributed by atoms with Gasteiger partial charge in [0.1, 0.15) is 0 Å². The summed E-state index contributed by atoms with van der Waals surface area (Å²) >= 11 is 0. The molecule has 0 amide bonds. The van der Waals surface area contributed by atoms with Crippen molar-refractivity contribution in [2.45, 2.75) is 24.8 Å². The van der Waals surface area contributed by atoms with E-state index in [2.05, 4.69) is 36.2 Å². The van der Waals surface area contributed by atoms with Crippen molar-refractivity contribution in [3.8, 4) is 0 Å². The number of hydrogen-bond donors (Lipinski definition) is 0. The van der Waals surface area contributed by atoms with Gasteiger partial charge in [-0.3, -0.25) is 0 Å². The van der Waals surface area contributed by atoms with Gasteiger partial charge in [0.2, 0.25) is 0 Å². The van der Waals surface area contributed by atoms with E-state index >= 15 is 0 Å². The van der Waals surface area contributed by atoms with Gasteiger partial charge < -0.3 is 4.90 Å². The van der Waals surface area contributed by atoms with Crippen LogP contribution in [0.5, 0.6) is 0 Å². The molecule has 0 bridgehead atoms. The molecular formula is C12H14N. The van der Waals surface area contributed by atoms with Crippen LogP contribution in [-0.4, -0.2) is 18.5 Å². The number of fused-ring (bicyclic) bond motifs is 2. The zero-order chi connectivity index (χ0) is 8.89. The summed E-state index contributed by atoms with van der Waals surface area (Å²) < 4.78 is 0. The molecule has 2 aliphatic rings. The van der Waals surface area contributed by atoms with Crippen LogP contribution in [-0.2, 0) is 12.0 Å². The number of hydrogen-bond acceptors (Lipinski definition) is 1. The minimum Gasteiger partial charge on any atom is -0.301 e. The topological polar surface area (TPSA) is 3.24 Å². The molecule has 1 saturated carbocycles. The van der Waals surface area contributed by atoms with E-state index in [9.17, 15) is 0 Å². The fourth-order valence-electron chi connectivity index (χ4n) is 2.64. The first-order valence-corrected chi connectivity index (χ1v) is 4.98. The lowest BCUT2D eigenvalue weighted by atomic mass is 9.87. The first-order valence-electron chi connectivity index (χ1n) is 4.98. The van der Waals surface area contributed by atoms with Crippen LogP contribution in [0.2, 0.25) is 0 Å². The summed E-state index contributed by atoms with van der Waals surface area (Å²) in [5.41, 5.74) is 3.63. The van der Waals surface area contributed by atoms with E-state index in [1.807, 2.05) is 0 Å². The van der Waals surface area contributed by atoms with Crippen molar-refractivity contribution >= 4 is 0 Å². The standard InChI is InChI=1S/C12H14N/c1-13-8-10-4-2-3-5-11(10)12(9-13)6-7-12/h3-5H,6-9H2,1H3. The van der Waals surface area contributed by atoms with E-state index in [0.29, 0.717) is 5.41 Å². The lowest BCUT2D eigenvalue weighted by Crippen LogP contribution is -2.34. The van der Waals surface area contributed by atoms with Crippen LogP contribution in [0, 0.1) is 6.07 Å². The highest BCUT2D eigenvalue weighted by Gasteiger charge is 2.47. The summed E-state index contributed by atoms with van der Waals surface area (Å²) in [5.74, 6) is 0. The molecule has 0 aromatic heterocycles. The molecule has 1 heteroatoms. The lowest BCUT2D eigenvalue weighted by molar-refractivity contribution is 0.271. The molecule has 1 fully saturated rings. The summed E-state index contributed by atoms with van der Waals surface area (Å²) in [7, 11) is 2.22. The smallest absolute Gasteiger partial charge is 0.0234 e. The van der Waals surface area contributed by atoms with Crippen LogP contribution < -0.4 is 0 Å². The van der Waals surface area contributed by atoms with Crippen molar-refractivity contribution in [2.24, 2.45) is 0 Å². The van der Waals surface area contributed by atoms with Crippen molar-refractivity contribution < 1.29 is 0 Å². The van der Waals surface area contributed by atoms with Crippen LogP contribution >= 0.6 is 0 Å². The van der Waals surface area contributed by atoms with E-state index in [1.54, 1.807) is 5.56 Å². The molecule has 13 heavy (non-hydrogen) atoms. The third-order valence-corrected chi connectivity index (χ3v) is 3.39. The van der Waals surface area contributed by atoms with E-state index in [0.717, 1.165) is 6.54 Å². The Bertz CT molecular complexity index is 339. The van der Waals surface area contributed by atoms with E-state index < -0.39 is 0 Å². The summed E-state index contributed by atoms with van der Waals surface area (Å²) in [6.45, 7) is 2.36. The third kappa shape index (κ3) is 1.03. The molecule has 1 nitrogen and oxygen atoms in total. The van der Waals surface area contributed by atoms with Crippen molar-refractivity contribution in [1.82, 2.24) is 4.90 Å². The highest BCUT2D eigenvalue weighted by atomic mass is 15.1. The second kappa shape index (κ2) is 2.36. The van der Waals surface area contributed by atoms with Crippen molar-refractivity contribution in [1.29, 1.82) is 0 Å². The number of likely N-dealkylation sites (N-methyl/N-ethyl adjacent to an activating group) is 1. The van der Waals surface area contributed by atoms with Crippen LogP contribution in [0.25, 0.3) is 0 Å². The maximum absolute atomic E-state index is 3.18. The number of nitrogens with zero attached hydrogens (tertiary/aromatic N) is 1. The predicted octanol–water partition coefficient (Wildman–Crippen LogP) is 1.96. The molecule has 67 valence electrons. The molecule has 0 saturated heterocycles. The minimum absolute atomic E-state index is 0.539. The number of rotatable bonds is 0. The fraction of sp³-hybridized carbons (Fsp3) is 0.500. The highest BCUT2D eigenvalue weighted by molar-refractivity contribution is 5.40. The average molecular weight is 172 g/mol. The largest absolute Gasteiger partial charge is 0.301 e. The second-order valence-electron chi connectivity index (χ2n) is 4.54. The maximum atomic E-state index is 3.18. The van der Waals surface area contributed by atoms with Crippen LogP contribution in [0.1, 0.15) is 24.0 Å². The molecular weight excluding hydrogens is 158 g/mol. The molecule has 0 atom stereocenters. The molecule has 1 spiro atoms. The lowest BCUT2D eigenvalue weighted by Gasteiger charge is -2.32. The summed E-state index contributed by atoms with van der Waals surface area (Å²) in [6, 6.07) is 9.67. The van der Waals surface area contributed by atoms with E-state index in [4.69, 9.17) is 0 Å². The third-order valence-electron chi connectivity index (χ3n) is 3.39. The van der Waals surface area contributed by atoms with Gasteiger partial charge in [-0.2, -0.15) is 0 Å². The van der Waals surface area contributed by atoms with Gasteiger partial charge in [-0.1, -0.05) is 12.1 Å². The Morgan fingerprint density at radius 3 is 3.08 bits per heavy atom. The Hall–Kier alpha value is -0.820. The van der Waals surface area contributed by atoms with Gasteiger partial charge >= 0.3 is 0 Å². The number of benzene rings is 1. The molecule has 1 aromatic carbocycles. The first-order chi connectivity index (χ1) is 6.30. The summed E-state index contributed by atoms with van der Waals surface area (Å²) in [5, 5.41) is 0. The summed E-state index contributed by atoms with van der Waals surface area (Å²) in [6.07, 6.45) is 2.77. The van der Waals surface area contributed by atoms with Crippen LogP contribution in [0.4, 0.5) is 0 Å². The molecule has 0 unspecified atom stereocenters. The highest BCUT2D eigenvalue weighted by Crippen LogP contribution is 2.51. The normalized spacial score (nSPS) is 24.4. The quantitative estimate of drug-likeness (QED) is 0.578. The Morgan fingerprint density at radius 1 is 1.46 bits per heavy atom. The van der Waals surface area contributed by atoms with Gasteiger partial charge in [-0.15, -0.1) is 0 Å². The minimum atomic E-state index is 0.539.